The van der Waals surface area contributed by atoms with Crippen LogP contribution < -0.4 is 10.5 Å². The Labute approximate surface area is 145 Å². The maximum atomic E-state index is 10.8. The summed E-state index contributed by atoms with van der Waals surface area (Å²) in [6, 6.07) is 13.5. The largest absolute Gasteiger partial charge is 0.496 e. The van der Waals surface area contributed by atoms with E-state index < -0.39 is 16.0 Å². The van der Waals surface area contributed by atoms with E-state index in [2.05, 4.69) is 0 Å². The fourth-order valence-electron chi connectivity index (χ4n) is 1.60. The lowest BCUT2D eigenvalue weighted by molar-refractivity contribution is 0.0997. The van der Waals surface area contributed by atoms with Gasteiger partial charge >= 0.3 is 0 Å². The third kappa shape index (κ3) is 7.28. The van der Waals surface area contributed by atoms with Crippen LogP contribution in [0.15, 0.2) is 53.9 Å². The number of carbonyl (C=O) groups excluding carboxylic acids is 1. The fourth-order valence-corrected chi connectivity index (χ4v) is 2.09. The molecule has 3 N–H and O–H groups in total. The molecule has 0 aliphatic carbocycles. The normalized spacial score (nSPS) is 10.8. The van der Waals surface area contributed by atoms with Gasteiger partial charge in [-0.25, -0.2) is 0 Å². The molecule has 0 atom stereocenters. The van der Waals surface area contributed by atoms with Crippen molar-refractivity contribution in [2.24, 2.45) is 5.73 Å². The van der Waals surface area contributed by atoms with Gasteiger partial charge in [-0.2, -0.15) is 8.42 Å². The summed E-state index contributed by atoms with van der Waals surface area (Å²) in [6.45, 7) is 0. The molecule has 8 heteroatoms. The van der Waals surface area contributed by atoms with Crippen molar-refractivity contribution in [1.82, 2.24) is 0 Å². The van der Waals surface area contributed by atoms with Crippen molar-refractivity contribution in [2.75, 3.05) is 7.11 Å². The quantitative estimate of drug-likeness (QED) is 0.805. The maximum absolute atomic E-state index is 10.8. The average Bonchev–Trinajstić information content (AvgIpc) is 2.53. The zero-order valence-electron chi connectivity index (χ0n) is 12.7. The lowest BCUT2D eigenvalue weighted by Crippen LogP contribution is -2.12. The molecule has 0 fully saturated rings. The lowest BCUT2D eigenvalue weighted by atomic mass is 10.2. The summed E-state index contributed by atoms with van der Waals surface area (Å²) >= 11 is 5.67. The molecule has 24 heavy (non-hydrogen) atoms. The van der Waals surface area contributed by atoms with Gasteiger partial charge in [-0.1, -0.05) is 41.9 Å². The minimum Gasteiger partial charge on any atom is -0.496 e. The molecule has 0 bridgehead atoms. The molecule has 128 valence electrons. The molecule has 0 saturated carbocycles. The van der Waals surface area contributed by atoms with Gasteiger partial charge in [0.2, 0.25) is 0 Å². The summed E-state index contributed by atoms with van der Waals surface area (Å²) in [5, 5.41) is 1.26. The first-order valence-electron chi connectivity index (χ1n) is 6.57. The average molecular weight is 370 g/mol. The highest BCUT2D eigenvalue weighted by molar-refractivity contribution is 7.88. The number of primary amides is 1. The van der Waals surface area contributed by atoms with E-state index in [1.54, 1.807) is 36.4 Å². The Hall–Kier alpha value is -2.35. The van der Waals surface area contributed by atoms with Gasteiger partial charge in [-0.3, -0.25) is 9.35 Å². The van der Waals surface area contributed by atoms with Crippen LogP contribution >= 0.6 is 11.6 Å². The summed E-state index contributed by atoms with van der Waals surface area (Å²) in [6.07, 6.45) is 1.33. The molecule has 0 heterocycles. The number of ether oxygens (including phenoxy) is 1. The topological polar surface area (TPSA) is 107 Å². The van der Waals surface area contributed by atoms with Crippen LogP contribution in [0.1, 0.15) is 15.9 Å². The number of hydrogen-bond acceptors (Lipinski definition) is 4. The highest BCUT2D eigenvalue weighted by atomic mass is 35.5. The van der Waals surface area contributed by atoms with Crippen molar-refractivity contribution in [2.45, 2.75) is 0 Å². The van der Waals surface area contributed by atoms with Gasteiger partial charge in [0, 0.05) is 5.02 Å². The molecule has 0 aromatic heterocycles. The van der Waals surface area contributed by atoms with Gasteiger partial charge in [-0.15, -0.1) is 0 Å². The fraction of sp³-hybridized carbons (Fsp3) is 0.0625. The Kier molecular flexibility index (Phi) is 7.44. The van der Waals surface area contributed by atoms with Crippen molar-refractivity contribution in [1.29, 1.82) is 0 Å². The summed E-state index contributed by atoms with van der Waals surface area (Å²) in [5.74, 6) is -0.126. The number of benzene rings is 2. The van der Waals surface area contributed by atoms with E-state index in [0.717, 1.165) is 11.0 Å². The molecule has 6 nitrogen and oxygen atoms in total. The van der Waals surface area contributed by atoms with Gasteiger partial charge < -0.3 is 10.5 Å². The number of amides is 1. The van der Waals surface area contributed by atoms with Crippen molar-refractivity contribution in [3.8, 4) is 5.75 Å². The Morgan fingerprint density at radius 1 is 1.21 bits per heavy atom. The van der Waals surface area contributed by atoms with Crippen LogP contribution in [0.2, 0.25) is 5.02 Å². The Balaban J connectivity index is 0.000000240. The zero-order valence-corrected chi connectivity index (χ0v) is 14.3. The second-order valence-electron chi connectivity index (χ2n) is 4.44. The Morgan fingerprint density at radius 2 is 1.83 bits per heavy atom. The number of hydrogen-bond donors (Lipinski definition) is 2. The van der Waals surface area contributed by atoms with Crippen LogP contribution in [-0.4, -0.2) is 26.0 Å². The first kappa shape index (κ1) is 19.7. The van der Waals surface area contributed by atoms with E-state index in [9.17, 15) is 13.2 Å². The highest BCUT2D eigenvalue weighted by Gasteiger charge is 2.07. The number of methoxy groups -OCH3 is 1. The van der Waals surface area contributed by atoms with Gasteiger partial charge in [0.25, 0.3) is 16.0 Å². The number of nitrogens with two attached hydrogens (primary N) is 1. The minimum atomic E-state index is -4.00. The van der Waals surface area contributed by atoms with Crippen LogP contribution in [0.4, 0.5) is 0 Å². The standard InChI is InChI=1S/C8H8ClNO2.C8H8O3S/c1-12-7-4-5(9)2-3-6(7)8(10)11;9-12(10,11)7-6-8-4-2-1-3-5-8/h2-4H,1H3,(H2,10,11);1-7H,(H,9,10,11). The molecule has 0 spiro atoms. The van der Waals surface area contributed by atoms with E-state index >= 15 is 0 Å². The first-order chi connectivity index (χ1) is 11.2. The Morgan fingerprint density at radius 3 is 2.33 bits per heavy atom. The summed E-state index contributed by atoms with van der Waals surface area (Å²) < 4.78 is 33.8. The molecule has 0 aliphatic rings. The second-order valence-corrected chi connectivity index (χ2v) is 6.18. The molecule has 0 saturated heterocycles. The van der Waals surface area contributed by atoms with Crippen LogP contribution in [0.25, 0.3) is 6.08 Å². The summed E-state index contributed by atoms with van der Waals surface area (Å²) in [7, 11) is -2.55. The van der Waals surface area contributed by atoms with Crippen LogP contribution in [0.5, 0.6) is 5.75 Å². The van der Waals surface area contributed by atoms with Crippen molar-refractivity contribution in [3.63, 3.8) is 0 Å². The van der Waals surface area contributed by atoms with Crippen molar-refractivity contribution < 1.29 is 22.5 Å². The SMILES string of the molecule is COc1cc(Cl)ccc1C(N)=O.O=S(=O)(O)C=Cc1ccccc1. The van der Waals surface area contributed by atoms with Gasteiger partial charge in [0.05, 0.1) is 18.1 Å². The molecule has 0 unspecified atom stereocenters. The van der Waals surface area contributed by atoms with E-state index in [-0.39, 0.29) is 0 Å². The maximum Gasteiger partial charge on any atom is 0.287 e. The van der Waals surface area contributed by atoms with Crippen LogP contribution in [-0.2, 0) is 10.1 Å². The number of halogens is 1. The molecule has 2 aromatic rings. The summed E-state index contributed by atoms with van der Waals surface area (Å²) in [5.41, 5.74) is 6.14. The molecule has 0 radical (unpaired) electrons. The van der Waals surface area contributed by atoms with Gasteiger partial charge in [0.15, 0.2) is 0 Å². The van der Waals surface area contributed by atoms with Crippen molar-refractivity contribution in [3.05, 3.63) is 70.1 Å². The van der Waals surface area contributed by atoms with Crippen molar-refractivity contribution >= 4 is 33.7 Å². The molecular formula is C16H16ClNO5S. The molecule has 2 rings (SSSR count). The second kappa shape index (κ2) is 9.07. The third-order valence-electron chi connectivity index (χ3n) is 2.66. The van der Waals surface area contributed by atoms with Gasteiger partial charge in [-0.05, 0) is 29.8 Å². The van der Waals surface area contributed by atoms with Crippen LogP contribution in [0, 0.1) is 0 Å². The third-order valence-corrected chi connectivity index (χ3v) is 3.38. The van der Waals surface area contributed by atoms with E-state index in [1.807, 2.05) is 6.07 Å². The zero-order chi connectivity index (χ0) is 18.2. The van der Waals surface area contributed by atoms with Crippen LogP contribution in [0.3, 0.4) is 0 Å². The lowest BCUT2D eigenvalue weighted by Gasteiger charge is -2.04. The molecular weight excluding hydrogens is 354 g/mol. The number of carbonyl (C=O) groups is 1. The molecule has 0 aliphatic heterocycles. The molecule has 1 amide bonds. The number of rotatable bonds is 4. The predicted molar refractivity (Wildman–Crippen MR) is 93.5 cm³/mol. The van der Waals surface area contributed by atoms with Gasteiger partial charge in [0.1, 0.15) is 5.75 Å². The van der Waals surface area contributed by atoms with E-state index in [1.165, 1.54) is 19.3 Å². The smallest absolute Gasteiger partial charge is 0.287 e. The van der Waals surface area contributed by atoms with E-state index in [0.29, 0.717) is 16.3 Å². The molecule has 2 aromatic carbocycles. The monoisotopic (exact) mass is 369 g/mol. The predicted octanol–water partition coefficient (Wildman–Crippen LogP) is 2.99. The summed E-state index contributed by atoms with van der Waals surface area (Å²) in [4.78, 5) is 10.8. The first-order valence-corrected chi connectivity index (χ1v) is 8.45. The highest BCUT2D eigenvalue weighted by Crippen LogP contribution is 2.22. The Bertz CT molecular complexity index is 820. The minimum absolute atomic E-state index is 0.335. The van der Waals surface area contributed by atoms with E-state index in [4.69, 9.17) is 26.6 Å².